The van der Waals surface area contributed by atoms with Crippen molar-refractivity contribution < 1.29 is 14.3 Å². The highest BCUT2D eigenvalue weighted by Gasteiger charge is 2.25. The molecule has 1 unspecified atom stereocenters. The van der Waals surface area contributed by atoms with Gasteiger partial charge in [-0.25, -0.2) is 4.79 Å². The van der Waals surface area contributed by atoms with E-state index in [9.17, 15) is 4.79 Å². The lowest BCUT2D eigenvalue weighted by atomic mass is 10.1. The molecule has 0 aromatic heterocycles. The van der Waals surface area contributed by atoms with Crippen LogP contribution in [0.2, 0.25) is 0 Å². The molecule has 84 valence electrons. The fourth-order valence-electron chi connectivity index (χ4n) is 1.61. The minimum Gasteiger partial charge on any atom is -0.479 e. The van der Waals surface area contributed by atoms with Gasteiger partial charge in [0, 0.05) is 0 Å². The second kappa shape index (κ2) is 4.84. The van der Waals surface area contributed by atoms with Gasteiger partial charge in [0.2, 0.25) is 0 Å². The zero-order valence-electron chi connectivity index (χ0n) is 9.02. The summed E-state index contributed by atoms with van der Waals surface area (Å²) in [5.74, 6) is 0.425. The van der Waals surface area contributed by atoms with Crippen LogP contribution in [0.1, 0.15) is 18.4 Å². The van der Waals surface area contributed by atoms with Crippen molar-refractivity contribution in [1.29, 1.82) is 0 Å². The number of hydrogen-bond acceptors (Lipinski definition) is 3. The second-order valence-corrected chi connectivity index (χ2v) is 3.69. The van der Waals surface area contributed by atoms with Gasteiger partial charge in [-0.2, -0.15) is 0 Å². The SMILES string of the molecule is C=Cc1ccc(OC2CCCOC2=O)cc1. The highest BCUT2D eigenvalue weighted by molar-refractivity contribution is 5.75. The first-order valence-electron chi connectivity index (χ1n) is 5.35. The van der Waals surface area contributed by atoms with Crippen molar-refractivity contribution in [2.24, 2.45) is 0 Å². The number of cyclic esters (lactones) is 1. The van der Waals surface area contributed by atoms with Gasteiger partial charge in [0.15, 0.2) is 6.10 Å². The van der Waals surface area contributed by atoms with Crippen LogP contribution in [-0.4, -0.2) is 18.7 Å². The van der Waals surface area contributed by atoms with Crippen molar-refractivity contribution in [1.82, 2.24) is 0 Å². The Morgan fingerprint density at radius 2 is 2.12 bits per heavy atom. The molecular formula is C13H14O3. The van der Waals surface area contributed by atoms with Gasteiger partial charge in [0.25, 0.3) is 0 Å². The Hall–Kier alpha value is -1.77. The normalized spacial score (nSPS) is 20.0. The first kappa shape index (κ1) is 10.7. The standard InChI is InChI=1S/C13H14O3/c1-2-10-5-7-11(8-6-10)16-12-4-3-9-15-13(12)14/h2,5-8,12H,1,3-4,9H2. The molecule has 1 heterocycles. The van der Waals surface area contributed by atoms with Gasteiger partial charge in [0.05, 0.1) is 6.61 Å². The molecule has 3 heteroatoms. The summed E-state index contributed by atoms with van der Waals surface area (Å²) in [6, 6.07) is 7.46. The van der Waals surface area contributed by atoms with Crippen LogP contribution in [0.25, 0.3) is 6.08 Å². The number of carbonyl (C=O) groups is 1. The van der Waals surface area contributed by atoms with Crippen LogP contribution in [0.15, 0.2) is 30.8 Å². The molecule has 3 nitrogen and oxygen atoms in total. The molecule has 0 radical (unpaired) electrons. The van der Waals surface area contributed by atoms with E-state index >= 15 is 0 Å². The third-order valence-electron chi connectivity index (χ3n) is 2.51. The fourth-order valence-corrected chi connectivity index (χ4v) is 1.61. The molecule has 0 aliphatic carbocycles. The Labute approximate surface area is 94.7 Å². The van der Waals surface area contributed by atoms with Gasteiger partial charge in [-0.3, -0.25) is 0 Å². The predicted molar refractivity (Wildman–Crippen MR) is 61.1 cm³/mol. The molecule has 0 saturated carbocycles. The molecule has 1 aliphatic rings. The average Bonchev–Trinajstić information content (AvgIpc) is 2.33. The topological polar surface area (TPSA) is 35.5 Å². The molecule has 1 aliphatic heterocycles. The molecule has 1 saturated heterocycles. The van der Waals surface area contributed by atoms with E-state index in [1.54, 1.807) is 6.08 Å². The summed E-state index contributed by atoms with van der Waals surface area (Å²) in [6.45, 7) is 4.18. The molecule has 2 rings (SSSR count). The first-order valence-corrected chi connectivity index (χ1v) is 5.35. The van der Waals surface area contributed by atoms with E-state index in [1.165, 1.54) is 0 Å². The third kappa shape index (κ3) is 2.42. The van der Waals surface area contributed by atoms with Crippen molar-refractivity contribution >= 4 is 12.0 Å². The van der Waals surface area contributed by atoms with E-state index in [4.69, 9.17) is 9.47 Å². The number of benzene rings is 1. The number of hydrogen-bond donors (Lipinski definition) is 0. The lowest BCUT2D eigenvalue weighted by Crippen LogP contribution is -2.33. The van der Waals surface area contributed by atoms with Crippen LogP contribution in [0.4, 0.5) is 0 Å². The molecule has 0 bridgehead atoms. The van der Waals surface area contributed by atoms with Crippen molar-refractivity contribution in [2.45, 2.75) is 18.9 Å². The summed E-state index contributed by atoms with van der Waals surface area (Å²) in [4.78, 5) is 11.4. The zero-order valence-corrected chi connectivity index (χ0v) is 9.02. The molecule has 1 aromatic carbocycles. The van der Waals surface area contributed by atoms with Crippen molar-refractivity contribution in [3.05, 3.63) is 36.4 Å². The van der Waals surface area contributed by atoms with E-state index in [0.29, 0.717) is 12.4 Å². The monoisotopic (exact) mass is 218 g/mol. The Balaban J connectivity index is 2.02. The maximum atomic E-state index is 11.4. The van der Waals surface area contributed by atoms with E-state index in [2.05, 4.69) is 6.58 Å². The molecular weight excluding hydrogens is 204 g/mol. The average molecular weight is 218 g/mol. The van der Waals surface area contributed by atoms with Crippen LogP contribution in [-0.2, 0) is 9.53 Å². The van der Waals surface area contributed by atoms with E-state index in [1.807, 2.05) is 24.3 Å². The molecule has 0 N–H and O–H groups in total. The minimum absolute atomic E-state index is 0.265. The number of rotatable bonds is 3. The zero-order chi connectivity index (χ0) is 11.4. The number of ether oxygens (including phenoxy) is 2. The van der Waals surface area contributed by atoms with Gasteiger partial charge in [-0.15, -0.1) is 0 Å². The summed E-state index contributed by atoms with van der Waals surface area (Å²) < 4.78 is 10.5. The molecule has 0 amide bonds. The van der Waals surface area contributed by atoms with Crippen molar-refractivity contribution in [3.8, 4) is 5.75 Å². The summed E-state index contributed by atoms with van der Waals surface area (Å²) >= 11 is 0. The van der Waals surface area contributed by atoms with Crippen LogP contribution < -0.4 is 4.74 Å². The molecule has 16 heavy (non-hydrogen) atoms. The van der Waals surface area contributed by atoms with E-state index in [0.717, 1.165) is 18.4 Å². The van der Waals surface area contributed by atoms with Gasteiger partial charge in [-0.05, 0) is 30.5 Å². The van der Waals surface area contributed by atoms with E-state index in [-0.39, 0.29) is 5.97 Å². The Morgan fingerprint density at radius 1 is 1.38 bits per heavy atom. The number of carbonyl (C=O) groups excluding carboxylic acids is 1. The number of esters is 1. The van der Waals surface area contributed by atoms with Gasteiger partial charge in [0.1, 0.15) is 5.75 Å². The Kier molecular flexibility index (Phi) is 3.25. The minimum atomic E-state index is -0.455. The van der Waals surface area contributed by atoms with E-state index < -0.39 is 6.10 Å². The second-order valence-electron chi connectivity index (χ2n) is 3.69. The van der Waals surface area contributed by atoms with Crippen LogP contribution in [0.3, 0.4) is 0 Å². The fraction of sp³-hybridized carbons (Fsp3) is 0.308. The maximum Gasteiger partial charge on any atom is 0.347 e. The predicted octanol–water partition coefficient (Wildman–Crippen LogP) is 2.41. The maximum absolute atomic E-state index is 11.4. The van der Waals surface area contributed by atoms with Gasteiger partial charge < -0.3 is 9.47 Å². The summed E-state index contributed by atoms with van der Waals surface area (Å²) in [5, 5.41) is 0. The van der Waals surface area contributed by atoms with Crippen molar-refractivity contribution in [3.63, 3.8) is 0 Å². The quantitative estimate of drug-likeness (QED) is 0.731. The van der Waals surface area contributed by atoms with Gasteiger partial charge in [-0.1, -0.05) is 24.8 Å². The third-order valence-corrected chi connectivity index (χ3v) is 2.51. The lowest BCUT2D eigenvalue weighted by molar-refractivity contribution is -0.156. The van der Waals surface area contributed by atoms with Gasteiger partial charge >= 0.3 is 5.97 Å². The molecule has 1 atom stereocenters. The lowest BCUT2D eigenvalue weighted by Gasteiger charge is -2.21. The molecule has 1 aromatic rings. The van der Waals surface area contributed by atoms with Crippen LogP contribution >= 0.6 is 0 Å². The summed E-state index contributed by atoms with van der Waals surface area (Å²) in [7, 11) is 0. The molecule has 0 spiro atoms. The molecule has 1 fully saturated rings. The van der Waals surface area contributed by atoms with Crippen molar-refractivity contribution in [2.75, 3.05) is 6.61 Å². The highest BCUT2D eigenvalue weighted by Crippen LogP contribution is 2.18. The summed E-state index contributed by atoms with van der Waals surface area (Å²) in [5.41, 5.74) is 1.03. The largest absolute Gasteiger partial charge is 0.479 e. The first-order chi connectivity index (χ1) is 7.79. The van der Waals surface area contributed by atoms with Crippen LogP contribution in [0, 0.1) is 0 Å². The smallest absolute Gasteiger partial charge is 0.347 e. The Morgan fingerprint density at radius 3 is 2.75 bits per heavy atom. The van der Waals surface area contributed by atoms with Crippen LogP contribution in [0.5, 0.6) is 5.75 Å². The summed E-state index contributed by atoms with van der Waals surface area (Å²) in [6.07, 6.45) is 2.89. The Bertz CT molecular complexity index is 381. The highest BCUT2D eigenvalue weighted by atomic mass is 16.6.